The molecular weight excluding hydrogens is 532 g/mol. The van der Waals surface area contributed by atoms with Crippen molar-refractivity contribution in [2.24, 2.45) is 0 Å². The first-order valence-electron chi connectivity index (χ1n) is 18.7. The van der Waals surface area contributed by atoms with Crippen molar-refractivity contribution in [1.82, 2.24) is 0 Å². The predicted octanol–water partition coefficient (Wildman–Crippen LogP) is 12.5. The fraction of sp³-hybridized carbons (Fsp3) is 0.846. The van der Waals surface area contributed by atoms with Crippen LogP contribution in [0.2, 0.25) is 0 Å². The van der Waals surface area contributed by atoms with Crippen molar-refractivity contribution in [3.8, 4) is 0 Å². The molecule has 1 unspecified atom stereocenters. The van der Waals surface area contributed by atoms with E-state index in [4.69, 9.17) is 9.47 Å². The van der Waals surface area contributed by atoms with E-state index in [1.54, 1.807) is 0 Å². The van der Waals surface area contributed by atoms with Gasteiger partial charge in [-0.15, -0.1) is 0 Å². The highest BCUT2D eigenvalue weighted by Crippen LogP contribution is 2.12. The molecule has 4 heteroatoms. The van der Waals surface area contributed by atoms with Crippen LogP contribution in [0.5, 0.6) is 0 Å². The quantitative estimate of drug-likeness (QED) is 0.0269. The second-order valence-electron chi connectivity index (χ2n) is 12.7. The molecule has 1 heterocycles. The molecule has 252 valence electrons. The SMILES string of the molecule is CC1CO1.CCCCCCCCC=CCCCCCCCC(=O)OC(=O)CCCCCCCC=CCCCCCCCC. The van der Waals surface area contributed by atoms with Gasteiger partial charge in [-0.05, 0) is 71.1 Å². The number of allylic oxidation sites excluding steroid dienone is 4. The number of ether oxygens (including phenoxy) is 2. The highest BCUT2D eigenvalue weighted by molar-refractivity contribution is 5.85. The molecule has 0 aromatic rings. The molecule has 0 aromatic carbocycles. The van der Waals surface area contributed by atoms with Crippen LogP contribution in [0.3, 0.4) is 0 Å². The van der Waals surface area contributed by atoms with Crippen LogP contribution in [-0.4, -0.2) is 24.6 Å². The van der Waals surface area contributed by atoms with Gasteiger partial charge in [-0.2, -0.15) is 0 Å². The number of carbonyl (C=O) groups is 2. The molecule has 0 aromatic heterocycles. The lowest BCUT2D eigenvalue weighted by Gasteiger charge is -2.04. The number of carbonyl (C=O) groups excluding carboxylic acids is 2. The van der Waals surface area contributed by atoms with E-state index in [0.717, 1.165) is 45.1 Å². The van der Waals surface area contributed by atoms with Crippen molar-refractivity contribution in [3.05, 3.63) is 24.3 Å². The van der Waals surface area contributed by atoms with Crippen LogP contribution >= 0.6 is 0 Å². The normalized spacial score (nSPS) is 14.3. The maximum absolute atomic E-state index is 11.9. The van der Waals surface area contributed by atoms with E-state index in [-0.39, 0.29) is 11.9 Å². The zero-order valence-electron chi connectivity index (χ0n) is 29.0. The van der Waals surface area contributed by atoms with Gasteiger partial charge in [0.25, 0.3) is 0 Å². The van der Waals surface area contributed by atoms with Crippen LogP contribution in [0, 0.1) is 0 Å². The maximum Gasteiger partial charge on any atom is 0.313 e. The van der Waals surface area contributed by atoms with E-state index in [2.05, 4.69) is 45.1 Å². The molecule has 1 atom stereocenters. The molecule has 4 nitrogen and oxygen atoms in total. The lowest BCUT2D eigenvalue weighted by molar-refractivity contribution is -0.159. The summed E-state index contributed by atoms with van der Waals surface area (Å²) in [6.07, 6.45) is 42.8. The van der Waals surface area contributed by atoms with Crippen molar-refractivity contribution in [2.75, 3.05) is 6.61 Å². The standard InChI is InChI=1S/C36H66O3.C3H6O/c1-3-5-7-9-11-13-15-17-19-21-23-25-27-29-31-33-35(37)39-36(38)34-32-30-28-26-24-22-20-18-16-14-12-10-8-6-4-2;1-3-2-4-3/h17-20H,3-16,21-34H2,1-2H3;3H,2H2,1H3. The van der Waals surface area contributed by atoms with Crippen molar-refractivity contribution in [1.29, 1.82) is 0 Å². The zero-order chi connectivity index (χ0) is 31.5. The Labute approximate surface area is 268 Å². The van der Waals surface area contributed by atoms with Crippen LogP contribution in [-0.2, 0) is 19.1 Å². The Balaban J connectivity index is 0.00000403. The predicted molar refractivity (Wildman–Crippen MR) is 185 cm³/mol. The summed E-state index contributed by atoms with van der Waals surface area (Å²) in [5, 5.41) is 0. The van der Waals surface area contributed by atoms with Gasteiger partial charge in [-0.25, -0.2) is 0 Å². The Morgan fingerprint density at radius 1 is 0.512 bits per heavy atom. The summed E-state index contributed by atoms with van der Waals surface area (Å²) in [6.45, 7) is 7.57. The van der Waals surface area contributed by atoms with Crippen LogP contribution < -0.4 is 0 Å². The molecule has 1 aliphatic rings. The highest BCUT2D eigenvalue weighted by atomic mass is 16.6. The lowest BCUT2D eigenvalue weighted by Crippen LogP contribution is -2.11. The van der Waals surface area contributed by atoms with Gasteiger partial charge < -0.3 is 9.47 Å². The fourth-order valence-corrected chi connectivity index (χ4v) is 5.01. The van der Waals surface area contributed by atoms with E-state index in [1.807, 2.05) is 0 Å². The molecular formula is C39H72O4. The number of epoxide rings is 1. The zero-order valence-corrected chi connectivity index (χ0v) is 29.0. The maximum atomic E-state index is 11.9. The van der Waals surface area contributed by atoms with Crippen LogP contribution in [0.15, 0.2) is 24.3 Å². The third-order valence-electron chi connectivity index (χ3n) is 8.01. The molecule has 0 bridgehead atoms. The number of rotatable bonds is 30. The summed E-state index contributed by atoms with van der Waals surface area (Å²) >= 11 is 0. The Hall–Kier alpha value is -1.42. The monoisotopic (exact) mass is 605 g/mol. The molecule has 0 aliphatic carbocycles. The molecule has 1 aliphatic heterocycles. The number of esters is 2. The van der Waals surface area contributed by atoms with Crippen LogP contribution in [0.25, 0.3) is 0 Å². The molecule has 1 rings (SSSR count). The van der Waals surface area contributed by atoms with E-state index in [1.165, 1.54) is 128 Å². The average Bonchev–Trinajstić information content (AvgIpc) is 3.79. The van der Waals surface area contributed by atoms with Gasteiger partial charge >= 0.3 is 11.9 Å². The molecule has 0 N–H and O–H groups in total. The van der Waals surface area contributed by atoms with E-state index in [9.17, 15) is 9.59 Å². The third-order valence-corrected chi connectivity index (χ3v) is 8.01. The molecule has 0 saturated carbocycles. The minimum absolute atomic E-state index is 0.342. The molecule has 0 amide bonds. The van der Waals surface area contributed by atoms with Gasteiger partial charge in [0.05, 0.1) is 12.7 Å². The van der Waals surface area contributed by atoms with Gasteiger partial charge in [0, 0.05) is 12.8 Å². The van der Waals surface area contributed by atoms with Crippen molar-refractivity contribution < 1.29 is 19.1 Å². The van der Waals surface area contributed by atoms with Crippen molar-refractivity contribution in [2.45, 2.75) is 207 Å². The van der Waals surface area contributed by atoms with E-state index in [0.29, 0.717) is 18.9 Å². The minimum atomic E-state index is -0.342. The number of hydrogen-bond acceptors (Lipinski definition) is 4. The topological polar surface area (TPSA) is 55.9 Å². The smallest absolute Gasteiger partial charge is 0.313 e. The summed E-state index contributed by atoms with van der Waals surface area (Å²) < 4.78 is 9.70. The Bertz CT molecular complexity index is 600. The number of unbranched alkanes of at least 4 members (excludes halogenated alkanes) is 22. The second kappa shape index (κ2) is 35.1. The first-order chi connectivity index (χ1) is 21.1. The molecule has 0 radical (unpaired) electrons. The summed E-state index contributed by atoms with van der Waals surface area (Å²) in [5.74, 6) is -0.684. The van der Waals surface area contributed by atoms with Crippen molar-refractivity contribution >= 4 is 11.9 Å². The first-order valence-corrected chi connectivity index (χ1v) is 18.7. The Morgan fingerprint density at radius 3 is 1.05 bits per heavy atom. The lowest BCUT2D eigenvalue weighted by atomic mass is 10.1. The summed E-state index contributed by atoms with van der Waals surface area (Å²) in [6, 6.07) is 0. The largest absolute Gasteiger partial charge is 0.393 e. The fourth-order valence-electron chi connectivity index (χ4n) is 5.01. The van der Waals surface area contributed by atoms with Gasteiger partial charge in [-0.3, -0.25) is 9.59 Å². The summed E-state index contributed by atoms with van der Waals surface area (Å²) in [4.78, 5) is 23.8. The molecule has 1 fully saturated rings. The summed E-state index contributed by atoms with van der Waals surface area (Å²) in [5.41, 5.74) is 0. The van der Waals surface area contributed by atoms with Gasteiger partial charge in [0.2, 0.25) is 0 Å². The highest BCUT2D eigenvalue weighted by Gasteiger charge is 2.13. The average molecular weight is 605 g/mol. The second-order valence-corrected chi connectivity index (χ2v) is 12.7. The first kappa shape index (κ1) is 41.6. The minimum Gasteiger partial charge on any atom is -0.393 e. The third kappa shape index (κ3) is 38.6. The van der Waals surface area contributed by atoms with Crippen LogP contribution in [0.4, 0.5) is 0 Å². The Morgan fingerprint density at radius 2 is 0.767 bits per heavy atom. The van der Waals surface area contributed by atoms with Gasteiger partial charge in [-0.1, -0.05) is 141 Å². The molecule has 0 spiro atoms. The number of hydrogen-bond donors (Lipinski definition) is 0. The van der Waals surface area contributed by atoms with Gasteiger partial charge in [0.1, 0.15) is 0 Å². The van der Waals surface area contributed by atoms with Gasteiger partial charge in [0.15, 0.2) is 0 Å². The molecule has 1 saturated heterocycles. The van der Waals surface area contributed by atoms with E-state index >= 15 is 0 Å². The molecule has 43 heavy (non-hydrogen) atoms. The Kier molecular flexibility index (Phi) is 33.9. The van der Waals surface area contributed by atoms with Crippen molar-refractivity contribution in [3.63, 3.8) is 0 Å². The summed E-state index contributed by atoms with van der Waals surface area (Å²) in [7, 11) is 0. The van der Waals surface area contributed by atoms with Crippen LogP contribution in [0.1, 0.15) is 201 Å². The van der Waals surface area contributed by atoms with E-state index < -0.39 is 0 Å².